The van der Waals surface area contributed by atoms with Crippen molar-refractivity contribution in [1.82, 2.24) is 4.90 Å². The highest BCUT2D eigenvalue weighted by Crippen LogP contribution is 2.32. The fraction of sp³-hybridized carbons (Fsp3) is 0.409. The van der Waals surface area contributed by atoms with Crippen molar-refractivity contribution in [2.45, 2.75) is 6.42 Å². The summed E-state index contributed by atoms with van der Waals surface area (Å²) >= 11 is 6.30. The van der Waals surface area contributed by atoms with Crippen LogP contribution in [-0.4, -0.2) is 63.5 Å². The molecule has 0 saturated carbocycles. The molecule has 1 fully saturated rings. The third-order valence-corrected chi connectivity index (χ3v) is 5.53. The second kappa shape index (κ2) is 9.91. The number of ether oxygens (including phenoxy) is 3. The fourth-order valence-electron chi connectivity index (χ4n) is 3.65. The summed E-state index contributed by atoms with van der Waals surface area (Å²) in [5.74, 6) is 1.32. The van der Waals surface area contributed by atoms with E-state index in [2.05, 4.69) is 21.2 Å². The molecule has 2 aromatic rings. The van der Waals surface area contributed by atoms with Crippen molar-refractivity contribution in [3.05, 3.63) is 47.5 Å². The Morgan fingerprint density at radius 3 is 2.60 bits per heavy atom. The number of fused-ring (bicyclic) bond motifs is 1. The van der Waals surface area contributed by atoms with Crippen LogP contribution in [0.15, 0.2) is 42.5 Å². The number of nitrogens with zero attached hydrogens (tertiary/aromatic N) is 2. The van der Waals surface area contributed by atoms with E-state index in [1.165, 1.54) is 0 Å². The van der Waals surface area contributed by atoms with Crippen LogP contribution in [0.3, 0.4) is 0 Å². The molecule has 4 rings (SSSR count). The number of anilines is 2. The average Bonchev–Trinajstić information content (AvgIpc) is 2.77. The molecule has 0 spiro atoms. The van der Waals surface area contributed by atoms with Gasteiger partial charge in [0.2, 0.25) is 0 Å². The van der Waals surface area contributed by atoms with Gasteiger partial charge >= 0.3 is 6.09 Å². The minimum absolute atomic E-state index is 0.376. The van der Waals surface area contributed by atoms with Crippen LogP contribution in [0.25, 0.3) is 0 Å². The molecule has 0 aromatic heterocycles. The Labute approximate surface area is 181 Å². The molecule has 2 aliphatic heterocycles. The summed E-state index contributed by atoms with van der Waals surface area (Å²) in [5, 5.41) is 3.53. The molecule has 0 aliphatic carbocycles. The second-order valence-electron chi connectivity index (χ2n) is 7.25. The lowest BCUT2D eigenvalue weighted by atomic mass is 10.2. The Bertz CT molecular complexity index is 871. The minimum atomic E-state index is -0.463. The van der Waals surface area contributed by atoms with Crippen LogP contribution in [-0.2, 0) is 4.74 Å². The number of halogens is 1. The Balaban J connectivity index is 1.14. The number of amides is 1. The van der Waals surface area contributed by atoms with Gasteiger partial charge in [-0.2, -0.15) is 0 Å². The van der Waals surface area contributed by atoms with Crippen LogP contribution in [0.4, 0.5) is 16.2 Å². The van der Waals surface area contributed by atoms with Crippen molar-refractivity contribution in [1.29, 1.82) is 0 Å². The van der Waals surface area contributed by atoms with Gasteiger partial charge in [-0.1, -0.05) is 23.7 Å². The molecular formula is C22H26ClN3O4. The lowest BCUT2D eigenvalue weighted by Gasteiger charge is -2.36. The number of benzene rings is 2. The second-order valence-corrected chi connectivity index (χ2v) is 7.66. The zero-order chi connectivity index (χ0) is 20.8. The molecule has 1 saturated heterocycles. The van der Waals surface area contributed by atoms with E-state index in [0.717, 1.165) is 49.9 Å². The largest absolute Gasteiger partial charge is 0.486 e. The Hall–Kier alpha value is -2.64. The van der Waals surface area contributed by atoms with Crippen molar-refractivity contribution in [3.8, 4) is 11.5 Å². The Kier molecular flexibility index (Phi) is 6.81. The molecule has 160 valence electrons. The van der Waals surface area contributed by atoms with Gasteiger partial charge in [0.15, 0.2) is 11.5 Å². The lowest BCUT2D eigenvalue weighted by molar-refractivity contribution is 0.151. The van der Waals surface area contributed by atoms with Crippen LogP contribution < -0.4 is 19.7 Å². The molecule has 1 N–H and O–H groups in total. The number of hydrogen-bond donors (Lipinski definition) is 1. The predicted octanol–water partition coefficient (Wildman–Crippen LogP) is 3.87. The van der Waals surface area contributed by atoms with Crippen LogP contribution >= 0.6 is 11.6 Å². The maximum absolute atomic E-state index is 12.0. The maximum Gasteiger partial charge on any atom is 0.411 e. The van der Waals surface area contributed by atoms with Crippen LogP contribution in [0.5, 0.6) is 11.5 Å². The summed E-state index contributed by atoms with van der Waals surface area (Å²) in [6.07, 6.45) is 0.330. The first kappa shape index (κ1) is 20.6. The number of rotatable bonds is 6. The van der Waals surface area contributed by atoms with E-state index in [9.17, 15) is 4.79 Å². The average molecular weight is 432 g/mol. The topological polar surface area (TPSA) is 63.3 Å². The van der Waals surface area contributed by atoms with Crippen LogP contribution in [0.1, 0.15) is 6.42 Å². The van der Waals surface area contributed by atoms with E-state index >= 15 is 0 Å². The molecule has 7 nitrogen and oxygen atoms in total. The van der Waals surface area contributed by atoms with Gasteiger partial charge in [-0.15, -0.1) is 0 Å². The first-order chi connectivity index (χ1) is 14.7. The molecule has 0 radical (unpaired) electrons. The zero-order valence-corrected chi connectivity index (χ0v) is 17.6. The monoisotopic (exact) mass is 431 g/mol. The summed E-state index contributed by atoms with van der Waals surface area (Å²) in [6.45, 7) is 6.13. The van der Waals surface area contributed by atoms with Crippen molar-refractivity contribution in [3.63, 3.8) is 0 Å². The molecule has 2 heterocycles. The molecule has 30 heavy (non-hydrogen) atoms. The van der Waals surface area contributed by atoms with Crippen molar-refractivity contribution >= 4 is 29.1 Å². The maximum atomic E-state index is 12.0. The van der Waals surface area contributed by atoms with Gasteiger partial charge in [0, 0.05) is 44.5 Å². The molecule has 1 amide bonds. The standard InChI is InChI=1S/C22H26ClN3O4/c23-18-4-1-2-5-19(18)26-11-9-25(10-12-26)8-3-13-30-22(27)24-17-6-7-20-21(16-17)29-15-14-28-20/h1-2,4-7,16H,3,8-15H2,(H,24,27). The summed E-state index contributed by atoms with van der Waals surface area (Å²) < 4.78 is 16.3. The normalized spacial score (nSPS) is 16.2. The molecule has 8 heteroatoms. The summed E-state index contributed by atoms with van der Waals surface area (Å²) in [6, 6.07) is 13.3. The highest BCUT2D eigenvalue weighted by Gasteiger charge is 2.18. The van der Waals surface area contributed by atoms with Crippen molar-refractivity contribution in [2.75, 3.05) is 62.8 Å². The Morgan fingerprint density at radius 1 is 1.03 bits per heavy atom. The third kappa shape index (κ3) is 5.29. The summed E-state index contributed by atoms with van der Waals surface area (Å²) in [7, 11) is 0. The number of carbonyl (C=O) groups is 1. The van der Waals surface area contributed by atoms with E-state index in [-0.39, 0.29) is 0 Å². The lowest BCUT2D eigenvalue weighted by Crippen LogP contribution is -2.46. The van der Waals surface area contributed by atoms with Crippen molar-refractivity contribution < 1.29 is 19.0 Å². The van der Waals surface area contributed by atoms with Gasteiger partial charge in [-0.3, -0.25) is 10.2 Å². The van der Waals surface area contributed by atoms with Gasteiger partial charge in [0.05, 0.1) is 17.3 Å². The van der Waals surface area contributed by atoms with E-state index in [0.29, 0.717) is 37.0 Å². The molecule has 2 aliphatic rings. The number of carbonyl (C=O) groups excluding carboxylic acids is 1. The zero-order valence-electron chi connectivity index (χ0n) is 16.8. The van der Waals surface area contributed by atoms with Gasteiger partial charge < -0.3 is 19.1 Å². The van der Waals surface area contributed by atoms with E-state index in [4.69, 9.17) is 25.8 Å². The molecule has 0 unspecified atom stereocenters. The van der Waals surface area contributed by atoms with Gasteiger partial charge in [0.25, 0.3) is 0 Å². The van der Waals surface area contributed by atoms with Gasteiger partial charge in [-0.25, -0.2) is 4.79 Å². The highest BCUT2D eigenvalue weighted by molar-refractivity contribution is 6.33. The molecule has 2 aromatic carbocycles. The van der Waals surface area contributed by atoms with Crippen LogP contribution in [0, 0.1) is 0 Å². The summed E-state index contributed by atoms with van der Waals surface area (Å²) in [5.41, 5.74) is 1.72. The van der Waals surface area contributed by atoms with Crippen molar-refractivity contribution in [2.24, 2.45) is 0 Å². The highest BCUT2D eigenvalue weighted by atomic mass is 35.5. The first-order valence-electron chi connectivity index (χ1n) is 10.2. The first-order valence-corrected chi connectivity index (χ1v) is 10.6. The quantitative estimate of drug-likeness (QED) is 0.700. The SMILES string of the molecule is O=C(Nc1ccc2c(c1)OCCO2)OCCCN1CCN(c2ccccc2Cl)CC1. The predicted molar refractivity (Wildman–Crippen MR) is 117 cm³/mol. The van der Waals surface area contributed by atoms with E-state index in [1.54, 1.807) is 18.2 Å². The van der Waals surface area contributed by atoms with Gasteiger partial charge in [0.1, 0.15) is 13.2 Å². The smallest absolute Gasteiger partial charge is 0.411 e. The molecular weight excluding hydrogens is 406 g/mol. The molecule has 0 bridgehead atoms. The third-order valence-electron chi connectivity index (χ3n) is 5.21. The number of nitrogens with one attached hydrogen (secondary N) is 1. The van der Waals surface area contributed by atoms with E-state index < -0.39 is 6.09 Å². The molecule has 0 atom stereocenters. The fourth-order valence-corrected chi connectivity index (χ4v) is 3.90. The number of piperazine rings is 1. The van der Waals surface area contributed by atoms with E-state index in [1.807, 2.05) is 18.2 Å². The van der Waals surface area contributed by atoms with Gasteiger partial charge in [-0.05, 0) is 30.7 Å². The number of hydrogen-bond acceptors (Lipinski definition) is 6. The summed E-state index contributed by atoms with van der Waals surface area (Å²) in [4.78, 5) is 16.7. The Morgan fingerprint density at radius 2 is 1.80 bits per heavy atom. The van der Waals surface area contributed by atoms with Crippen LogP contribution in [0.2, 0.25) is 5.02 Å². The number of para-hydroxylation sites is 1. The minimum Gasteiger partial charge on any atom is -0.486 e.